The van der Waals surface area contributed by atoms with E-state index < -0.39 is 0 Å². The molecule has 0 fully saturated rings. The molecule has 4 aromatic carbocycles. The molecule has 0 amide bonds. The van der Waals surface area contributed by atoms with Gasteiger partial charge in [-0.15, -0.1) is 0 Å². The first-order chi connectivity index (χ1) is 15.7. The Balaban J connectivity index is 1.82. The molecule has 33 heavy (non-hydrogen) atoms. The fraction of sp³-hybridized carbons (Fsp3) is 0.172. The summed E-state index contributed by atoms with van der Waals surface area (Å²) in [5.41, 5.74) is 8.33. The lowest BCUT2D eigenvalue weighted by Gasteiger charge is -2.21. The van der Waals surface area contributed by atoms with Crippen LogP contribution in [0.1, 0.15) is 43.0 Å². The minimum absolute atomic E-state index is 0.0131. The van der Waals surface area contributed by atoms with E-state index in [9.17, 15) is 0 Å². The van der Waals surface area contributed by atoms with Gasteiger partial charge in [0.1, 0.15) is 0 Å². The molecule has 0 aromatic heterocycles. The van der Waals surface area contributed by atoms with Gasteiger partial charge in [0.05, 0.1) is 22.8 Å². The van der Waals surface area contributed by atoms with Crippen molar-refractivity contribution < 1.29 is 0 Å². The Morgan fingerprint density at radius 1 is 0.727 bits per heavy atom. The first-order valence-electron chi connectivity index (χ1n) is 11.0. The van der Waals surface area contributed by atoms with Crippen LogP contribution in [0.2, 0.25) is 0 Å². The van der Waals surface area contributed by atoms with Crippen molar-refractivity contribution in [2.45, 2.75) is 33.1 Å². The van der Waals surface area contributed by atoms with Crippen molar-refractivity contribution in [2.75, 3.05) is 0 Å². The van der Waals surface area contributed by atoms with Crippen LogP contribution in [-0.4, -0.2) is 11.4 Å². The second-order valence-electron chi connectivity index (χ2n) is 9.45. The van der Waals surface area contributed by atoms with Gasteiger partial charge in [-0.05, 0) is 63.0 Å². The van der Waals surface area contributed by atoms with E-state index in [4.69, 9.17) is 9.98 Å². The molecule has 4 heteroatoms. The third kappa shape index (κ3) is 4.00. The highest BCUT2D eigenvalue weighted by Gasteiger charge is 2.28. The Morgan fingerprint density at radius 3 is 2.00 bits per heavy atom. The average molecular weight is 560 g/mol. The van der Waals surface area contributed by atoms with Gasteiger partial charge in [0.2, 0.25) is 0 Å². The largest absolute Gasteiger partial charge is 0.246 e. The van der Waals surface area contributed by atoms with Gasteiger partial charge in [-0.25, -0.2) is 9.98 Å². The molecule has 1 aliphatic carbocycles. The van der Waals surface area contributed by atoms with Crippen LogP contribution in [0.3, 0.4) is 0 Å². The number of para-hydroxylation sites is 1. The number of rotatable bonds is 2. The summed E-state index contributed by atoms with van der Waals surface area (Å²) >= 11 is 7.31. The first-order valence-corrected chi connectivity index (χ1v) is 12.6. The third-order valence-corrected chi connectivity index (χ3v) is 7.09. The van der Waals surface area contributed by atoms with Gasteiger partial charge in [0.15, 0.2) is 0 Å². The second kappa shape index (κ2) is 8.34. The van der Waals surface area contributed by atoms with Crippen LogP contribution in [0.25, 0.3) is 10.8 Å². The fourth-order valence-corrected chi connectivity index (χ4v) is 6.02. The Morgan fingerprint density at radius 2 is 1.36 bits per heavy atom. The molecule has 164 valence electrons. The van der Waals surface area contributed by atoms with Crippen molar-refractivity contribution in [3.05, 3.63) is 104 Å². The molecule has 0 bridgehead atoms. The molecule has 0 unspecified atom stereocenters. The van der Waals surface area contributed by atoms with Crippen molar-refractivity contribution in [2.24, 2.45) is 9.98 Å². The van der Waals surface area contributed by atoms with Gasteiger partial charge in [-0.3, -0.25) is 0 Å². The summed E-state index contributed by atoms with van der Waals surface area (Å²) in [6.45, 7) is 8.78. The summed E-state index contributed by atoms with van der Waals surface area (Å²) in [6, 6.07) is 25.4. The van der Waals surface area contributed by atoms with Gasteiger partial charge < -0.3 is 0 Å². The second-order valence-corrected chi connectivity index (χ2v) is 11.2. The lowest BCUT2D eigenvalue weighted by atomic mass is 9.86. The van der Waals surface area contributed by atoms with Crippen molar-refractivity contribution in [3.63, 3.8) is 0 Å². The maximum atomic E-state index is 5.28. The molecular formula is C29H24Br2N2. The highest BCUT2D eigenvalue weighted by molar-refractivity contribution is 9.11. The predicted octanol–water partition coefficient (Wildman–Crippen LogP) is 9.23. The molecule has 0 N–H and O–H groups in total. The summed E-state index contributed by atoms with van der Waals surface area (Å²) in [4.78, 5) is 10.5. The zero-order valence-corrected chi connectivity index (χ0v) is 22.3. The number of halogens is 2. The molecule has 0 saturated heterocycles. The molecule has 1 aliphatic rings. The normalized spacial score (nSPS) is 15.7. The van der Waals surface area contributed by atoms with Gasteiger partial charge in [0, 0.05) is 25.5 Å². The van der Waals surface area contributed by atoms with E-state index in [1.165, 1.54) is 16.3 Å². The lowest BCUT2D eigenvalue weighted by molar-refractivity contribution is 0.591. The van der Waals surface area contributed by atoms with Crippen LogP contribution in [0.5, 0.6) is 0 Å². The zero-order valence-electron chi connectivity index (χ0n) is 19.1. The number of benzene rings is 4. The van der Waals surface area contributed by atoms with Crippen LogP contribution in [-0.2, 0) is 5.41 Å². The summed E-state index contributed by atoms with van der Waals surface area (Å²) in [6.07, 6.45) is 0. The Labute approximate surface area is 211 Å². The first kappa shape index (κ1) is 22.2. The van der Waals surface area contributed by atoms with Crippen LogP contribution in [0.4, 0.5) is 11.4 Å². The topological polar surface area (TPSA) is 24.7 Å². The smallest absolute Gasteiger partial charge is 0.0979 e. The van der Waals surface area contributed by atoms with E-state index in [-0.39, 0.29) is 5.41 Å². The minimum atomic E-state index is -0.0131. The van der Waals surface area contributed by atoms with Crippen molar-refractivity contribution in [3.8, 4) is 0 Å². The molecule has 5 rings (SSSR count). The van der Waals surface area contributed by atoms with Crippen molar-refractivity contribution in [1.29, 1.82) is 0 Å². The molecule has 0 spiro atoms. The van der Waals surface area contributed by atoms with Gasteiger partial charge in [0.25, 0.3) is 0 Å². The van der Waals surface area contributed by atoms with E-state index in [1.807, 2.05) is 6.07 Å². The SMILES string of the molecule is Cc1cc(Br)cc(Br)c1/N=C1/C(=N/c2ccccc2C(C)(C)C)c2cccc3cccc1c23. The number of hydrogen-bond acceptors (Lipinski definition) is 2. The van der Waals surface area contributed by atoms with Crippen LogP contribution in [0.15, 0.2) is 91.7 Å². The maximum Gasteiger partial charge on any atom is 0.0979 e. The summed E-state index contributed by atoms with van der Waals surface area (Å²) in [5, 5.41) is 2.43. The summed E-state index contributed by atoms with van der Waals surface area (Å²) in [7, 11) is 0. The van der Waals surface area contributed by atoms with E-state index in [2.05, 4.69) is 126 Å². The van der Waals surface area contributed by atoms with Gasteiger partial charge in [-0.1, -0.05) is 91.3 Å². The minimum Gasteiger partial charge on any atom is -0.246 e. The number of aliphatic imine (C=N–C) groups is 2. The van der Waals surface area contributed by atoms with E-state index in [0.717, 1.165) is 48.4 Å². The van der Waals surface area contributed by atoms with Crippen LogP contribution in [0, 0.1) is 6.92 Å². The van der Waals surface area contributed by atoms with Crippen LogP contribution >= 0.6 is 31.9 Å². The van der Waals surface area contributed by atoms with E-state index >= 15 is 0 Å². The maximum absolute atomic E-state index is 5.28. The number of nitrogens with zero attached hydrogens (tertiary/aromatic N) is 2. The number of aryl methyl sites for hydroxylation is 1. The van der Waals surface area contributed by atoms with Crippen molar-refractivity contribution in [1.82, 2.24) is 0 Å². The molecular weight excluding hydrogens is 536 g/mol. The predicted molar refractivity (Wildman–Crippen MR) is 148 cm³/mol. The standard InChI is InChI=1S/C29H24Br2N2/c1-17-15-19(30)16-23(31)26(17)33-28-21-12-8-10-18-9-7-11-20(25(18)21)27(28)32-24-14-6-5-13-22(24)29(2,3)4/h5-16H,1-4H3/b32-27+,33-28+. The fourth-order valence-electron chi connectivity index (χ4n) is 4.49. The summed E-state index contributed by atoms with van der Waals surface area (Å²) in [5.74, 6) is 0. The van der Waals surface area contributed by atoms with Crippen molar-refractivity contribution >= 4 is 65.4 Å². The van der Waals surface area contributed by atoms with Gasteiger partial charge in [-0.2, -0.15) is 0 Å². The molecule has 0 aliphatic heterocycles. The van der Waals surface area contributed by atoms with Crippen LogP contribution < -0.4 is 0 Å². The van der Waals surface area contributed by atoms with Gasteiger partial charge >= 0.3 is 0 Å². The molecule has 0 heterocycles. The Kier molecular flexibility index (Phi) is 5.62. The molecule has 0 radical (unpaired) electrons. The molecule has 0 saturated carbocycles. The lowest BCUT2D eigenvalue weighted by Crippen LogP contribution is -2.13. The zero-order chi connectivity index (χ0) is 23.3. The number of hydrogen-bond donors (Lipinski definition) is 0. The molecule has 4 aromatic rings. The average Bonchev–Trinajstić information content (AvgIpc) is 3.05. The Hall–Kier alpha value is -2.56. The summed E-state index contributed by atoms with van der Waals surface area (Å²) < 4.78 is 1.99. The quantitative estimate of drug-likeness (QED) is 0.234. The monoisotopic (exact) mass is 558 g/mol. The molecule has 2 nitrogen and oxygen atoms in total. The third-order valence-electron chi connectivity index (χ3n) is 6.03. The van der Waals surface area contributed by atoms with E-state index in [0.29, 0.717) is 0 Å². The Bertz CT molecular complexity index is 1440. The highest BCUT2D eigenvalue weighted by atomic mass is 79.9. The molecule has 0 atom stereocenters. The van der Waals surface area contributed by atoms with E-state index in [1.54, 1.807) is 0 Å². The highest BCUT2D eigenvalue weighted by Crippen LogP contribution is 2.39.